The summed E-state index contributed by atoms with van der Waals surface area (Å²) in [5.74, 6) is 0.650. The van der Waals surface area contributed by atoms with Crippen molar-refractivity contribution in [1.29, 1.82) is 0 Å². The Labute approximate surface area is 141 Å². The first-order valence-corrected chi connectivity index (χ1v) is 9.64. The number of hydrogen-bond acceptors (Lipinski definition) is 4. The molecule has 0 spiro atoms. The van der Waals surface area contributed by atoms with Crippen molar-refractivity contribution >= 4 is 21.6 Å². The summed E-state index contributed by atoms with van der Waals surface area (Å²) >= 11 is 0. The van der Waals surface area contributed by atoms with Crippen LogP contribution in [0.15, 0.2) is 41.0 Å². The standard InChI is InChI=1S/C17H20N2O4S/c1-12-10-14-11-13(5-6-16(14)19(12)24(2,21)22)17(20)18-8-7-15-4-3-9-23-15/h3-6,9,11-12H,7-8,10H2,1-2H3,(H,18,20)/t12-/m0/s1. The smallest absolute Gasteiger partial charge is 0.251 e. The predicted octanol–water partition coefficient (Wildman–Crippen LogP) is 1.96. The fraction of sp³-hybridized carbons (Fsp3) is 0.353. The third kappa shape index (κ3) is 3.31. The van der Waals surface area contributed by atoms with Crippen LogP contribution < -0.4 is 9.62 Å². The van der Waals surface area contributed by atoms with E-state index in [1.165, 1.54) is 10.6 Å². The summed E-state index contributed by atoms with van der Waals surface area (Å²) in [5.41, 5.74) is 2.08. The topological polar surface area (TPSA) is 79.6 Å². The Kier molecular flexibility index (Phi) is 4.36. The third-order valence-electron chi connectivity index (χ3n) is 4.09. The van der Waals surface area contributed by atoms with Crippen molar-refractivity contribution < 1.29 is 17.6 Å². The van der Waals surface area contributed by atoms with Crippen LogP contribution in [0.25, 0.3) is 0 Å². The Morgan fingerprint density at radius 1 is 1.38 bits per heavy atom. The molecule has 0 saturated carbocycles. The van der Waals surface area contributed by atoms with Crippen molar-refractivity contribution in [3.63, 3.8) is 0 Å². The lowest BCUT2D eigenvalue weighted by Crippen LogP contribution is -2.34. The van der Waals surface area contributed by atoms with Gasteiger partial charge in [0.2, 0.25) is 10.0 Å². The van der Waals surface area contributed by atoms with Crippen molar-refractivity contribution in [2.24, 2.45) is 0 Å². The van der Waals surface area contributed by atoms with E-state index in [0.717, 1.165) is 11.3 Å². The first kappa shape index (κ1) is 16.6. The van der Waals surface area contributed by atoms with Crippen LogP contribution in [-0.4, -0.2) is 33.2 Å². The maximum atomic E-state index is 12.3. The minimum absolute atomic E-state index is 0.132. The molecule has 0 unspecified atom stereocenters. The van der Waals surface area contributed by atoms with E-state index < -0.39 is 10.0 Å². The number of nitrogens with zero attached hydrogens (tertiary/aromatic N) is 1. The molecule has 1 N–H and O–H groups in total. The van der Waals surface area contributed by atoms with Crippen LogP contribution in [0.2, 0.25) is 0 Å². The number of benzene rings is 1. The molecule has 24 heavy (non-hydrogen) atoms. The monoisotopic (exact) mass is 348 g/mol. The Balaban J connectivity index is 1.70. The fourth-order valence-corrected chi connectivity index (χ4v) is 4.37. The number of carbonyl (C=O) groups excluding carboxylic acids is 1. The molecule has 3 rings (SSSR count). The lowest BCUT2D eigenvalue weighted by Gasteiger charge is -2.21. The van der Waals surface area contributed by atoms with Crippen molar-refractivity contribution in [2.75, 3.05) is 17.1 Å². The molecule has 1 aliphatic heterocycles. The highest BCUT2D eigenvalue weighted by Crippen LogP contribution is 2.34. The lowest BCUT2D eigenvalue weighted by atomic mass is 10.1. The highest BCUT2D eigenvalue weighted by molar-refractivity contribution is 7.92. The maximum Gasteiger partial charge on any atom is 0.251 e. The second-order valence-electron chi connectivity index (χ2n) is 6.04. The van der Waals surface area contributed by atoms with Gasteiger partial charge in [-0.3, -0.25) is 9.10 Å². The zero-order valence-electron chi connectivity index (χ0n) is 13.7. The Hall–Kier alpha value is -2.28. The molecule has 7 heteroatoms. The van der Waals surface area contributed by atoms with Crippen molar-refractivity contribution in [1.82, 2.24) is 5.32 Å². The lowest BCUT2D eigenvalue weighted by molar-refractivity contribution is 0.0953. The third-order valence-corrected chi connectivity index (χ3v) is 5.36. The number of hydrogen-bond donors (Lipinski definition) is 1. The van der Waals surface area contributed by atoms with Gasteiger partial charge >= 0.3 is 0 Å². The number of fused-ring (bicyclic) bond motifs is 1. The van der Waals surface area contributed by atoms with E-state index in [4.69, 9.17) is 4.42 Å². The van der Waals surface area contributed by atoms with E-state index in [1.54, 1.807) is 24.5 Å². The molecule has 0 fully saturated rings. The minimum atomic E-state index is -3.32. The van der Waals surface area contributed by atoms with E-state index >= 15 is 0 Å². The summed E-state index contributed by atoms with van der Waals surface area (Å²) in [7, 11) is -3.32. The molecular formula is C17H20N2O4S. The molecule has 1 amide bonds. The molecule has 0 radical (unpaired) electrons. The normalized spacial score (nSPS) is 16.9. The van der Waals surface area contributed by atoms with Gasteiger partial charge in [-0.1, -0.05) is 0 Å². The average Bonchev–Trinajstić information content (AvgIpc) is 3.11. The Morgan fingerprint density at radius 2 is 2.17 bits per heavy atom. The van der Waals surface area contributed by atoms with Crippen LogP contribution in [0.1, 0.15) is 28.6 Å². The highest BCUT2D eigenvalue weighted by Gasteiger charge is 2.32. The summed E-state index contributed by atoms with van der Waals surface area (Å²) in [6, 6.07) is 8.69. The summed E-state index contributed by atoms with van der Waals surface area (Å²) < 4.78 is 30.5. The van der Waals surface area contributed by atoms with Crippen molar-refractivity contribution in [3.8, 4) is 0 Å². The van der Waals surface area contributed by atoms with Crippen LogP contribution in [-0.2, 0) is 22.9 Å². The van der Waals surface area contributed by atoms with E-state index in [1.807, 2.05) is 19.1 Å². The van der Waals surface area contributed by atoms with E-state index in [2.05, 4.69) is 5.32 Å². The van der Waals surface area contributed by atoms with Gasteiger partial charge in [0, 0.05) is 24.6 Å². The van der Waals surface area contributed by atoms with Gasteiger partial charge in [-0.05, 0) is 49.2 Å². The minimum Gasteiger partial charge on any atom is -0.469 e. The van der Waals surface area contributed by atoms with Crippen LogP contribution in [0, 0.1) is 0 Å². The molecule has 1 aromatic carbocycles. The molecule has 0 bridgehead atoms. The van der Waals surface area contributed by atoms with Crippen LogP contribution in [0.3, 0.4) is 0 Å². The quantitative estimate of drug-likeness (QED) is 0.896. The number of rotatable bonds is 5. The molecule has 128 valence electrons. The number of sulfonamides is 1. The number of nitrogens with one attached hydrogen (secondary N) is 1. The summed E-state index contributed by atoms with van der Waals surface area (Å²) in [5, 5.41) is 2.85. The largest absolute Gasteiger partial charge is 0.469 e. The molecule has 6 nitrogen and oxygen atoms in total. The van der Waals surface area contributed by atoms with Crippen LogP contribution in [0.4, 0.5) is 5.69 Å². The summed E-state index contributed by atoms with van der Waals surface area (Å²) in [4.78, 5) is 12.3. The molecule has 0 aliphatic carbocycles. The number of carbonyl (C=O) groups is 1. The predicted molar refractivity (Wildman–Crippen MR) is 91.7 cm³/mol. The zero-order valence-corrected chi connectivity index (χ0v) is 14.5. The summed E-state index contributed by atoms with van der Waals surface area (Å²) in [6.45, 7) is 2.35. The van der Waals surface area contributed by atoms with Gasteiger partial charge in [0.15, 0.2) is 0 Å². The second kappa shape index (κ2) is 6.32. The Morgan fingerprint density at radius 3 is 2.83 bits per heavy atom. The average molecular weight is 348 g/mol. The van der Waals surface area contributed by atoms with Gasteiger partial charge in [-0.15, -0.1) is 0 Å². The zero-order chi connectivity index (χ0) is 17.3. The molecule has 1 aliphatic rings. The van der Waals surface area contributed by atoms with E-state index in [-0.39, 0.29) is 11.9 Å². The number of furan rings is 1. The second-order valence-corrected chi connectivity index (χ2v) is 7.90. The van der Waals surface area contributed by atoms with E-state index in [0.29, 0.717) is 30.6 Å². The van der Waals surface area contributed by atoms with Gasteiger partial charge in [-0.2, -0.15) is 0 Å². The fourth-order valence-electron chi connectivity index (χ4n) is 3.11. The van der Waals surface area contributed by atoms with Gasteiger partial charge in [0.25, 0.3) is 5.91 Å². The van der Waals surface area contributed by atoms with Gasteiger partial charge < -0.3 is 9.73 Å². The number of anilines is 1. The van der Waals surface area contributed by atoms with Crippen molar-refractivity contribution in [3.05, 3.63) is 53.5 Å². The number of amides is 1. The molecule has 2 heterocycles. The molecule has 0 saturated heterocycles. The SMILES string of the molecule is C[C@H]1Cc2cc(C(=O)NCCc3ccco3)ccc2N1S(C)(=O)=O. The van der Waals surface area contributed by atoms with Gasteiger partial charge in [-0.25, -0.2) is 8.42 Å². The van der Waals surface area contributed by atoms with Crippen LogP contribution >= 0.6 is 0 Å². The van der Waals surface area contributed by atoms with Gasteiger partial charge in [0.1, 0.15) is 5.76 Å². The maximum absolute atomic E-state index is 12.3. The molecule has 1 atom stereocenters. The van der Waals surface area contributed by atoms with Crippen LogP contribution in [0.5, 0.6) is 0 Å². The highest BCUT2D eigenvalue weighted by atomic mass is 32.2. The Bertz CT molecular complexity index is 843. The van der Waals surface area contributed by atoms with Gasteiger partial charge in [0.05, 0.1) is 18.2 Å². The molecular weight excluding hydrogens is 328 g/mol. The van der Waals surface area contributed by atoms with E-state index in [9.17, 15) is 13.2 Å². The van der Waals surface area contributed by atoms with Crippen molar-refractivity contribution in [2.45, 2.75) is 25.8 Å². The first-order valence-electron chi connectivity index (χ1n) is 7.79. The summed E-state index contributed by atoms with van der Waals surface area (Å²) in [6.07, 6.45) is 4.04. The first-order chi connectivity index (χ1) is 11.4. The molecule has 2 aromatic rings. The molecule has 1 aromatic heterocycles.